The van der Waals surface area contributed by atoms with Crippen molar-refractivity contribution in [3.8, 4) is 11.4 Å². The summed E-state index contributed by atoms with van der Waals surface area (Å²) in [5.74, 6) is 0.0136. The Morgan fingerprint density at radius 1 is 1.05 bits per heavy atom. The van der Waals surface area contributed by atoms with Gasteiger partial charge in [0.05, 0.1) is 24.8 Å². The van der Waals surface area contributed by atoms with Gasteiger partial charge >= 0.3 is 0 Å². The second-order valence-corrected chi connectivity index (χ2v) is 11.1. The van der Waals surface area contributed by atoms with E-state index >= 15 is 0 Å². The number of nitrogens with one attached hydrogen (secondary N) is 1. The van der Waals surface area contributed by atoms with E-state index in [0.29, 0.717) is 44.1 Å². The highest BCUT2D eigenvalue weighted by Crippen LogP contribution is 2.32. The van der Waals surface area contributed by atoms with Crippen LogP contribution in [0.2, 0.25) is 0 Å². The minimum absolute atomic E-state index is 0.00304. The molecule has 2 aromatic rings. The zero-order valence-electron chi connectivity index (χ0n) is 22.7. The van der Waals surface area contributed by atoms with E-state index in [9.17, 15) is 14.4 Å². The van der Waals surface area contributed by atoms with E-state index in [2.05, 4.69) is 14.8 Å². The standard InChI is InChI=1S/C28H39N5O4/c1-28(2,3)21(26(35)29-4)17-23(34)24-22-18-31(5)11-6-12-33(22)25(30-24)19-7-9-20(10-8-19)27(36)32-13-15-37-16-14-32/h7-10,21H,6,11-18H2,1-5H3,(H,29,35)/t21-/m1/s1. The number of carbonyl (C=O) groups excluding carboxylic acids is 3. The molecule has 0 bridgehead atoms. The maximum absolute atomic E-state index is 13.6. The van der Waals surface area contributed by atoms with Crippen molar-refractivity contribution in [2.45, 2.75) is 46.7 Å². The van der Waals surface area contributed by atoms with Crippen LogP contribution in [-0.2, 0) is 22.6 Å². The first kappa shape index (κ1) is 27.0. The molecule has 0 unspecified atom stereocenters. The Labute approximate surface area is 219 Å². The summed E-state index contributed by atoms with van der Waals surface area (Å²) in [6, 6.07) is 7.49. The van der Waals surface area contributed by atoms with Crippen LogP contribution in [0.3, 0.4) is 0 Å². The van der Waals surface area contributed by atoms with E-state index in [1.54, 1.807) is 7.05 Å². The van der Waals surface area contributed by atoms with Crippen molar-refractivity contribution in [3.05, 3.63) is 41.2 Å². The highest BCUT2D eigenvalue weighted by Gasteiger charge is 2.35. The Balaban J connectivity index is 1.66. The fourth-order valence-electron chi connectivity index (χ4n) is 5.12. The number of aromatic nitrogens is 2. The molecule has 37 heavy (non-hydrogen) atoms. The molecule has 2 aliphatic heterocycles. The topological polar surface area (TPSA) is 96.8 Å². The third-order valence-corrected chi connectivity index (χ3v) is 7.36. The molecule has 1 aromatic carbocycles. The average Bonchev–Trinajstić information content (AvgIpc) is 3.12. The van der Waals surface area contributed by atoms with Crippen molar-refractivity contribution in [2.24, 2.45) is 11.3 Å². The monoisotopic (exact) mass is 509 g/mol. The summed E-state index contributed by atoms with van der Waals surface area (Å²) in [7, 11) is 3.65. The molecule has 1 atom stereocenters. The number of benzene rings is 1. The highest BCUT2D eigenvalue weighted by atomic mass is 16.5. The van der Waals surface area contributed by atoms with Crippen LogP contribution in [0, 0.1) is 11.3 Å². The van der Waals surface area contributed by atoms with Gasteiger partial charge in [0.15, 0.2) is 5.78 Å². The molecule has 2 amide bonds. The second kappa shape index (κ2) is 11.1. The first-order chi connectivity index (χ1) is 17.6. The number of hydrogen-bond acceptors (Lipinski definition) is 6. The third kappa shape index (κ3) is 5.93. The van der Waals surface area contributed by atoms with E-state index in [4.69, 9.17) is 9.72 Å². The lowest BCUT2D eigenvalue weighted by Gasteiger charge is -2.28. The van der Waals surface area contributed by atoms with Gasteiger partial charge in [-0.25, -0.2) is 4.98 Å². The van der Waals surface area contributed by atoms with Crippen LogP contribution in [0.5, 0.6) is 0 Å². The van der Waals surface area contributed by atoms with Crippen LogP contribution in [0.25, 0.3) is 11.4 Å². The summed E-state index contributed by atoms with van der Waals surface area (Å²) in [5, 5.41) is 2.71. The predicted octanol–water partition coefficient (Wildman–Crippen LogP) is 2.84. The van der Waals surface area contributed by atoms with Crippen molar-refractivity contribution in [1.82, 2.24) is 24.7 Å². The van der Waals surface area contributed by atoms with Gasteiger partial charge in [-0.1, -0.05) is 32.9 Å². The molecule has 1 N–H and O–H groups in total. The molecule has 1 saturated heterocycles. The van der Waals surface area contributed by atoms with Crippen LogP contribution in [0.4, 0.5) is 0 Å². The predicted molar refractivity (Wildman–Crippen MR) is 141 cm³/mol. The maximum Gasteiger partial charge on any atom is 0.254 e. The number of rotatable bonds is 6. The van der Waals surface area contributed by atoms with Crippen molar-refractivity contribution in [3.63, 3.8) is 0 Å². The van der Waals surface area contributed by atoms with Crippen LogP contribution in [-0.4, -0.2) is 83.9 Å². The summed E-state index contributed by atoms with van der Waals surface area (Å²) in [4.78, 5) is 48.0. The van der Waals surface area contributed by atoms with Gasteiger partial charge in [-0.15, -0.1) is 0 Å². The van der Waals surface area contributed by atoms with E-state index in [1.807, 2.05) is 57.0 Å². The number of imidazole rings is 1. The number of ketones is 1. The molecular formula is C28H39N5O4. The molecule has 4 rings (SSSR count). The summed E-state index contributed by atoms with van der Waals surface area (Å²) in [6.45, 7) is 10.5. The zero-order chi connectivity index (χ0) is 26.7. The Morgan fingerprint density at radius 2 is 1.73 bits per heavy atom. The van der Waals surface area contributed by atoms with Crippen LogP contribution < -0.4 is 5.32 Å². The lowest BCUT2D eigenvalue weighted by atomic mass is 9.77. The SMILES string of the molecule is CNC(=O)[C@@H](CC(=O)c1nc(-c2ccc(C(=O)N3CCOCC3)cc2)n2c1CN(C)CCC2)C(C)(C)C. The molecule has 0 saturated carbocycles. The van der Waals surface area contributed by atoms with E-state index in [1.165, 1.54) is 0 Å². The van der Waals surface area contributed by atoms with Gasteiger partial charge in [-0.05, 0) is 37.6 Å². The number of morpholine rings is 1. The van der Waals surface area contributed by atoms with Gasteiger partial charge in [0.2, 0.25) is 5.91 Å². The number of nitrogens with zero attached hydrogens (tertiary/aromatic N) is 4. The van der Waals surface area contributed by atoms with Crippen molar-refractivity contribution >= 4 is 17.6 Å². The summed E-state index contributed by atoms with van der Waals surface area (Å²) >= 11 is 0. The smallest absolute Gasteiger partial charge is 0.254 e. The number of amides is 2. The summed E-state index contributed by atoms with van der Waals surface area (Å²) in [5.41, 5.74) is 2.45. The van der Waals surface area contributed by atoms with Crippen molar-refractivity contribution in [2.75, 3.05) is 46.9 Å². The van der Waals surface area contributed by atoms with Crippen molar-refractivity contribution in [1.29, 1.82) is 0 Å². The molecule has 0 aliphatic carbocycles. The van der Waals surface area contributed by atoms with E-state index in [-0.39, 0.29) is 29.4 Å². The van der Waals surface area contributed by atoms with Gasteiger partial charge < -0.3 is 24.4 Å². The van der Waals surface area contributed by atoms with Gasteiger partial charge in [0, 0.05) is 50.8 Å². The number of ether oxygens (including phenoxy) is 1. The number of hydrogen-bond donors (Lipinski definition) is 1. The lowest BCUT2D eigenvalue weighted by Crippen LogP contribution is -2.40. The first-order valence-electron chi connectivity index (χ1n) is 13.1. The molecular weight excluding hydrogens is 470 g/mol. The molecule has 1 fully saturated rings. The number of Topliss-reactive ketones (excluding diaryl/α,β-unsaturated/α-hetero) is 1. The third-order valence-electron chi connectivity index (χ3n) is 7.36. The normalized spacial score (nSPS) is 17.6. The Hall–Kier alpha value is -3.04. The molecule has 0 spiro atoms. The Kier molecular flexibility index (Phi) is 8.14. The number of fused-ring (bicyclic) bond motifs is 1. The minimum Gasteiger partial charge on any atom is -0.378 e. The second-order valence-electron chi connectivity index (χ2n) is 11.1. The number of carbonyl (C=O) groups is 3. The first-order valence-corrected chi connectivity index (χ1v) is 13.1. The zero-order valence-corrected chi connectivity index (χ0v) is 22.7. The van der Waals surface area contributed by atoms with E-state index in [0.717, 1.165) is 36.6 Å². The van der Waals surface area contributed by atoms with Gasteiger partial charge in [0.1, 0.15) is 11.5 Å². The Morgan fingerprint density at radius 3 is 2.35 bits per heavy atom. The summed E-state index contributed by atoms with van der Waals surface area (Å²) < 4.78 is 7.50. The van der Waals surface area contributed by atoms with Crippen LogP contribution >= 0.6 is 0 Å². The molecule has 9 nitrogen and oxygen atoms in total. The quantitative estimate of drug-likeness (QED) is 0.602. The minimum atomic E-state index is -0.459. The molecule has 1 aromatic heterocycles. The largest absolute Gasteiger partial charge is 0.378 e. The molecule has 200 valence electrons. The lowest BCUT2D eigenvalue weighted by molar-refractivity contribution is -0.127. The van der Waals surface area contributed by atoms with Crippen LogP contribution in [0.1, 0.15) is 60.2 Å². The van der Waals surface area contributed by atoms with Gasteiger partial charge in [-0.2, -0.15) is 0 Å². The fraction of sp³-hybridized carbons (Fsp3) is 0.571. The van der Waals surface area contributed by atoms with Gasteiger partial charge in [-0.3, -0.25) is 14.4 Å². The Bertz CT molecular complexity index is 1140. The highest BCUT2D eigenvalue weighted by molar-refractivity contribution is 5.99. The van der Waals surface area contributed by atoms with Crippen molar-refractivity contribution < 1.29 is 19.1 Å². The molecule has 2 aliphatic rings. The van der Waals surface area contributed by atoms with Gasteiger partial charge in [0.25, 0.3) is 5.91 Å². The molecule has 0 radical (unpaired) electrons. The average molecular weight is 510 g/mol. The van der Waals surface area contributed by atoms with Crippen LogP contribution in [0.15, 0.2) is 24.3 Å². The molecule has 3 heterocycles. The fourth-order valence-corrected chi connectivity index (χ4v) is 5.12. The van der Waals surface area contributed by atoms with E-state index < -0.39 is 5.92 Å². The molecule has 9 heteroatoms. The summed E-state index contributed by atoms with van der Waals surface area (Å²) in [6.07, 6.45) is 1.04. The maximum atomic E-state index is 13.6.